The summed E-state index contributed by atoms with van der Waals surface area (Å²) in [5, 5.41) is 8.93. The Labute approximate surface area is 50.0 Å². The van der Waals surface area contributed by atoms with E-state index in [2.05, 4.69) is 15.3 Å². The Morgan fingerprint density at radius 1 is 1.75 bits per heavy atom. The Bertz CT molecular complexity index is 167. The van der Waals surface area contributed by atoms with Crippen molar-refractivity contribution in [1.29, 1.82) is 0 Å². The highest BCUT2D eigenvalue weighted by atomic mass is 32.1. The molecule has 8 heavy (non-hydrogen) atoms. The van der Waals surface area contributed by atoms with E-state index in [1.807, 2.05) is 5.38 Å². The minimum atomic E-state index is 0.590. The van der Waals surface area contributed by atoms with Gasteiger partial charge in [0.25, 0.3) is 0 Å². The molecule has 1 aromatic rings. The fourth-order valence-corrected chi connectivity index (χ4v) is 0.774. The molecule has 0 saturated heterocycles. The first-order valence-corrected chi connectivity index (χ1v) is 2.82. The van der Waals surface area contributed by atoms with Crippen LogP contribution in [0.2, 0.25) is 0 Å². The summed E-state index contributed by atoms with van der Waals surface area (Å²) in [6.45, 7) is 0. The molecule has 42 valence electrons. The maximum Gasteiger partial charge on any atom is 0.231 e. The fourth-order valence-electron chi connectivity index (χ4n) is 0.315. The summed E-state index contributed by atoms with van der Waals surface area (Å²) in [6, 6.07) is 0. The number of nitrogens with zero attached hydrogens (tertiary/aromatic N) is 3. The number of aromatic nitrogens is 1. The number of rotatable bonds is 1. The number of nitrogens with two attached hydrogens (primary N) is 1. The quantitative estimate of drug-likeness (QED) is 0.349. The van der Waals surface area contributed by atoms with Crippen LogP contribution in [-0.4, -0.2) is 4.98 Å². The first-order valence-electron chi connectivity index (χ1n) is 1.94. The molecule has 0 fully saturated rings. The van der Waals surface area contributed by atoms with Crippen molar-refractivity contribution in [2.45, 2.75) is 0 Å². The molecule has 1 rings (SSSR count). The summed E-state index contributed by atoms with van der Waals surface area (Å²) in [7, 11) is 0. The molecule has 0 aromatic carbocycles. The van der Waals surface area contributed by atoms with Crippen LogP contribution in [-0.2, 0) is 0 Å². The van der Waals surface area contributed by atoms with Gasteiger partial charge in [-0.3, -0.25) is 0 Å². The van der Waals surface area contributed by atoms with Gasteiger partial charge in [-0.05, 0) is 0 Å². The molecule has 0 aliphatic heterocycles. The van der Waals surface area contributed by atoms with E-state index in [1.54, 1.807) is 6.20 Å². The maximum atomic E-state index is 4.74. The van der Waals surface area contributed by atoms with Crippen LogP contribution >= 0.6 is 11.3 Å². The van der Waals surface area contributed by atoms with Crippen LogP contribution in [0.15, 0.2) is 21.9 Å². The van der Waals surface area contributed by atoms with Crippen molar-refractivity contribution in [3.05, 3.63) is 11.6 Å². The second kappa shape index (κ2) is 2.37. The van der Waals surface area contributed by atoms with Crippen LogP contribution in [0.5, 0.6) is 0 Å². The molecule has 0 amide bonds. The SMILES string of the molecule is NN=Nc1nccs1. The molecule has 2 N–H and O–H groups in total. The smallest absolute Gasteiger partial charge is 0.231 e. The van der Waals surface area contributed by atoms with Gasteiger partial charge in [-0.1, -0.05) is 5.22 Å². The predicted octanol–water partition coefficient (Wildman–Crippen LogP) is 1.10. The van der Waals surface area contributed by atoms with Crippen LogP contribution in [0.3, 0.4) is 0 Å². The van der Waals surface area contributed by atoms with E-state index in [9.17, 15) is 0 Å². The summed E-state index contributed by atoms with van der Waals surface area (Å²) in [5.41, 5.74) is 0. The number of thiazole rings is 1. The topological polar surface area (TPSA) is 63.6 Å². The third-order valence-corrected chi connectivity index (χ3v) is 1.22. The molecule has 0 aliphatic rings. The average molecular weight is 128 g/mol. The minimum absolute atomic E-state index is 0.590. The number of hydrogen-bond donors (Lipinski definition) is 1. The van der Waals surface area contributed by atoms with E-state index < -0.39 is 0 Å². The summed E-state index contributed by atoms with van der Waals surface area (Å²) in [4.78, 5) is 3.78. The molecule has 0 radical (unpaired) electrons. The van der Waals surface area contributed by atoms with Crippen molar-refractivity contribution in [2.75, 3.05) is 0 Å². The third-order valence-electron chi connectivity index (χ3n) is 0.563. The Balaban J connectivity index is 2.77. The minimum Gasteiger partial charge on any atom is -0.304 e. The molecule has 0 bridgehead atoms. The van der Waals surface area contributed by atoms with Gasteiger partial charge in [-0.2, -0.15) is 0 Å². The maximum absolute atomic E-state index is 4.74. The van der Waals surface area contributed by atoms with E-state index in [-0.39, 0.29) is 0 Å². The zero-order valence-corrected chi connectivity index (χ0v) is 4.80. The molecule has 1 heterocycles. The Morgan fingerprint density at radius 3 is 3.12 bits per heavy atom. The molecule has 0 unspecified atom stereocenters. The summed E-state index contributed by atoms with van der Waals surface area (Å²) in [5.74, 6) is 4.74. The summed E-state index contributed by atoms with van der Waals surface area (Å²) < 4.78 is 0. The predicted molar refractivity (Wildman–Crippen MR) is 30.8 cm³/mol. The molecule has 1 aromatic heterocycles. The average Bonchev–Trinajstić information content (AvgIpc) is 2.19. The molecule has 0 spiro atoms. The monoisotopic (exact) mass is 128 g/mol. The molecule has 4 nitrogen and oxygen atoms in total. The summed E-state index contributed by atoms with van der Waals surface area (Å²) in [6.07, 6.45) is 1.65. The van der Waals surface area contributed by atoms with Crippen LogP contribution in [0, 0.1) is 0 Å². The van der Waals surface area contributed by atoms with Gasteiger partial charge in [0.05, 0.1) is 0 Å². The zero-order valence-electron chi connectivity index (χ0n) is 3.98. The second-order valence-electron chi connectivity index (χ2n) is 1.03. The lowest BCUT2D eigenvalue weighted by atomic mass is 11.0. The van der Waals surface area contributed by atoms with Gasteiger partial charge in [0.2, 0.25) is 5.13 Å². The third kappa shape index (κ3) is 1.00. The standard InChI is InChI=1S/C3H4N4S/c4-7-6-3-5-1-2-8-3/h1-2H,(H2,4,5,6). The van der Waals surface area contributed by atoms with E-state index >= 15 is 0 Å². The molecular formula is C3H4N4S. The van der Waals surface area contributed by atoms with Crippen LogP contribution in [0.4, 0.5) is 5.13 Å². The lowest BCUT2D eigenvalue weighted by Gasteiger charge is -1.72. The zero-order chi connectivity index (χ0) is 5.82. The first kappa shape index (κ1) is 5.17. The fraction of sp³-hybridized carbons (Fsp3) is 0. The van der Waals surface area contributed by atoms with E-state index in [1.165, 1.54) is 11.3 Å². The summed E-state index contributed by atoms with van der Waals surface area (Å²) >= 11 is 1.40. The van der Waals surface area contributed by atoms with E-state index in [4.69, 9.17) is 5.84 Å². The van der Waals surface area contributed by atoms with Gasteiger partial charge in [0.15, 0.2) is 0 Å². The van der Waals surface area contributed by atoms with Crippen molar-refractivity contribution in [2.24, 2.45) is 16.2 Å². The number of hydrogen-bond acceptors (Lipinski definition) is 4. The highest BCUT2D eigenvalue weighted by molar-refractivity contribution is 7.13. The van der Waals surface area contributed by atoms with Gasteiger partial charge in [-0.25, -0.2) is 4.98 Å². The molecular weight excluding hydrogens is 124 g/mol. The highest BCUT2D eigenvalue weighted by Gasteiger charge is 1.85. The Hall–Kier alpha value is -0.970. The van der Waals surface area contributed by atoms with Crippen LogP contribution in [0.1, 0.15) is 0 Å². The van der Waals surface area contributed by atoms with E-state index in [0.717, 1.165) is 0 Å². The lowest BCUT2D eigenvalue weighted by Crippen LogP contribution is -1.71. The lowest BCUT2D eigenvalue weighted by molar-refractivity contribution is 1.05. The van der Waals surface area contributed by atoms with Crippen LogP contribution in [0.25, 0.3) is 0 Å². The van der Waals surface area contributed by atoms with Crippen molar-refractivity contribution in [3.63, 3.8) is 0 Å². The van der Waals surface area contributed by atoms with Gasteiger partial charge in [0, 0.05) is 11.6 Å². The van der Waals surface area contributed by atoms with E-state index in [0.29, 0.717) is 5.13 Å². The van der Waals surface area contributed by atoms with Crippen molar-refractivity contribution in [1.82, 2.24) is 4.98 Å². The van der Waals surface area contributed by atoms with Gasteiger partial charge < -0.3 is 5.84 Å². The first-order chi connectivity index (χ1) is 3.93. The van der Waals surface area contributed by atoms with Crippen LogP contribution < -0.4 is 5.84 Å². The van der Waals surface area contributed by atoms with Gasteiger partial charge in [0.1, 0.15) is 0 Å². The Kier molecular flexibility index (Phi) is 1.53. The Morgan fingerprint density at radius 2 is 2.62 bits per heavy atom. The largest absolute Gasteiger partial charge is 0.304 e. The molecule has 0 atom stereocenters. The molecule has 0 aliphatic carbocycles. The molecule has 5 heteroatoms. The molecule has 0 saturated carbocycles. The highest BCUT2D eigenvalue weighted by Crippen LogP contribution is 2.13. The normalized spacial score (nSPS) is 10.5. The second-order valence-corrected chi connectivity index (χ2v) is 1.90. The van der Waals surface area contributed by atoms with Crippen molar-refractivity contribution < 1.29 is 0 Å². The van der Waals surface area contributed by atoms with Crippen molar-refractivity contribution >= 4 is 16.5 Å². The van der Waals surface area contributed by atoms with Gasteiger partial charge in [-0.15, -0.1) is 16.5 Å². The van der Waals surface area contributed by atoms with Gasteiger partial charge >= 0.3 is 0 Å². The van der Waals surface area contributed by atoms with Crippen molar-refractivity contribution in [3.8, 4) is 0 Å².